The standard InChI is InChI=1S/C23H23FN2O3S/c1-26(19-13-15(5-10-20(19)29-2)22-25-11-12-30-22)18-9-8-17(23(27)28)21(18)14-3-6-16(24)7-4-14/h3-7,10-13,17-18,21H,8-9H2,1-2H3,(H,27,28). The maximum Gasteiger partial charge on any atom is 0.307 e. The third-order valence-electron chi connectivity index (χ3n) is 5.93. The quantitative estimate of drug-likeness (QED) is 0.598. The number of halogens is 1. The van der Waals surface area contributed by atoms with Crippen LogP contribution in [0.1, 0.15) is 24.3 Å². The van der Waals surface area contributed by atoms with Gasteiger partial charge in [0.2, 0.25) is 0 Å². The fourth-order valence-electron chi connectivity index (χ4n) is 4.47. The molecule has 3 aromatic rings. The van der Waals surface area contributed by atoms with Crippen LogP contribution in [0.5, 0.6) is 5.75 Å². The van der Waals surface area contributed by atoms with Crippen molar-refractivity contribution >= 4 is 23.0 Å². The fourth-order valence-corrected chi connectivity index (χ4v) is 5.11. The van der Waals surface area contributed by atoms with E-state index >= 15 is 0 Å². The van der Waals surface area contributed by atoms with Crippen molar-refractivity contribution in [1.29, 1.82) is 0 Å². The Morgan fingerprint density at radius 3 is 2.63 bits per heavy atom. The molecule has 1 heterocycles. The molecule has 1 aliphatic carbocycles. The zero-order valence-corrected chi connectivity index (χ0v) is 17.6. The Morgan fingerprint density at radius 1 is 1.23 bits per heavy atom. The highest BCUT2D eigenvalue weighted by Crippen LogP contribution is 2.45. The van der Waals surface area contributed by atoms with Gasteiger partial charge in [-0.05, 0) is 48.7 Å². The zero-order chi connectivity index (χ0) is 21.3. The highest BCUT2D eigenvalue weighted by atomic mass is 32.1. The van der Waals surface area contributed by atoms with Crippen LogP contribution in [0.4, 0.5) is 10.1 Å². The minimum absolute atomic E-state index is 0.0583. The average Bonchev–Trinajstić information content (AvgIpc) is 3.43. The van der Waals surface area contributed by atoms with Gasteiger partial charge in [0.1, 0.15) is 16.6 Å². The summed E-state index contributed by atoms with van der Waals surface area (Å²) in [5.74, 6) is -1.19. The largest absolute Gasteiger partial charge is 0.495 e. The van der Waals surface area contributed by atoms with Crippen LogP contribution in [0.15, 0.2) is 54.0 Å². The first-order chi connectivity index (χ1) is 14.5. The van der Waals surface area contributed by atoms with Crippen LogP contribution in [0.25, 0.3) is 10.6 Å². The van der Waals surface area contributed by atoms with Crippen molar-refractivity contribution in [3.63, 3.8) is 0 Å². The highest BCUT2D eigenvalue weighted by molar-refractivity contribution is 7.13. The second kappa shape index (κ2) is 8.44. The normalized spacial score (nSPS) is 20.8. The molecular formula is C23H23FN2O3S. The van der Waals surface area contributed by atoms with Crippen molar-refractivity contribution in [2.45, 2.75) is 24.8 Å². The number of nitrogens with zero attached hydrogens (tertiary/aromatic N) is 2. The molecule has 7 heteroatoms. The van der Waals surface area contributed by atoms with Crippen molar-refractivity contribution in [2.75, 3.05) is 19.1 Å². The molecule has 1 saturated carbocycles. The van der Waals surface area contributed by atoms with Crippen molar-refractivity contribution in [1.82, 2.24) is 4.98 Å². The minimum Gasteiger partial charge on any atom is -0.495 e. The Bertz CT molecular complexity index is 1020. The number of hydrogen-bond acceptors (Lipinski definition) is 5. The molecule has 1 fully saturated rings. The molecule has 1 aliphatic rings. The Hall–Kier alpha value is -2.93. The molecule has 0 amide bonds. The van der Waals surface area contributed by atoms with Crippen LogP contribution in [-0.4, -0.2) is 36.3 Å². The summed E-state index contributed by atoms with van der Waals surface area (Å²) in [6, 6.07) is 12.1. The van der Waals surface area contributed by atoms with Crippen LogP contribution < -0.4 is 9.64 Å². The van der Waals surface area contributed by atoms with Gasteiger partial charge in [0, 0.05) is 36.1 Å². The molecule has 1 aromatic heterocycles. The lowest BCUT2D eigenvalue weighted by molar-refractivity contribution is -0.142. The monoisotopic (exact) mass is 426 g/mol. The van der Waals surface area contributed by atoms with E-state index in [0.717, 1.165) is 34.0 Å². The van der Waals surface area contributed by atoms with Gasteiger partial charge in [-0.1, -0.05) is 12.1 Å². The number of carbonyl (C=O) groups is 1. The molecule has 0 spiro atoms. The summed E-state index contributed by atoms with van der Waals surface area (Å²) in [7, 11) is 3.59. The number of rotatable bonds is 6. The van der Waals surface area contributed by atoms with Crippen LogP contribution >= 0.6 is 11.3 Å². The van der Waals surface area contributed by atoms with Gasteiger partial charge in [-0.2, -0.15) is 0 Å². The number of hydrogen-bond donors (Lipinski definition) is 1. The van der Waals surface area contributed by atoms with Crippen molar-refractivity contribution in [2.24, 2.45) is 5.92 Å². The van der Waals surface area contributed by atoms with Gasteiger partial charge < -0.3 is 14.7 Å². The second-order valence-electron chi connectivity index (χ2n) is 7.50. The number of carboxylic acids is 1. The van der Waals surface area contributed by atoms with E-state index < -0.39 is 11.9 Å². The lowest BCUT2D eigenvalue weighted by Crippen LogP contribution is -2.36. The average molecular weight is 427 g/mol. The molecule has 3 atom stereocenters. The van der Waals surface area contributed by atoms with Crippen LogP contribution in [-0.2, 0) is 4.79 Å². The maximum atomic E-state index is 13.5. The molecule has 0 saturated heterocycles. The fraction of sp³-hybridized carbons (Fsp3) is 0.304. The van der Waals surface area contributed by atoms with Crippen LogP contribution in [0, 0.1) is 11.7 Å². The van der Waals surface area contributed by atoms with Crippen molar-refractivity contribution in [3.05, 3.63) is 65.4 Å². The smallest absolute Gasteiger partial charge is 0.307 e. The number of anilines is 1. The van der Waals surface area contributed by atoms with Gasteiger partial charge in [-0.3, -0.25) is 4.79 Å². The number of benzene rings is 2. The number of methoxy groups -OCH3 is 1. The third-order valence-corrected chi connectivity index (χ3v) is 6.75. The van der Waals surface area contributed by atoms with E-state index in [0.29, 0.717) is 6.42 Å². The number of aliphatic carboxylic acids is 1. The predicted molar refractivity (Wildman–Crippen MR) is 116 cm³/mol. The molecule has 0 aliphatic heterocycles. The van der Waals surface area contributed by atoms with Gasteiger partial charge >= 0.3 is 5.97 Å². The molecule has 1 N–H and O–H groups in total. The van der Waals surface area contributed by atoms with Gasteiger partial charge in [0.05, 0.1) is 18.7 Å². The number of thiazole rings is 1. The number of aromatic nitrogens is 1. The van der Waals surface area contributed by atoms with Gasteiger partial charge in [-0.25, -0.2) is 9.37 Å². The lowest BCUT2D eigenvalue weighted by Gasteiger charge is -2.34. The molecule has 4 rings (SSSR count). The first kappa shape index (κ1) is 20.3. The molecule has 30 heavy (non-hydrogen) atoms. The van der Waals surface area contributed by atoms with Crippen LogP contribution in [0.3, 0.4) is 0 Å². The number of carboxylic acid groups (broad SMARTS) is 1. The van der Waals surface area contributed by atoms with E-state index in [-0.39, 0.29) is 17.8 Å². The molecule has 0 bridgehead atoms. The Labute approximate surface area is 178 Å². The van der Waals surface area contributed by atoms with Crippen LogP contribution in [0.2, 0.25) is 0 Å². The van der Waals surface area contributed by atoms with E-state index in [1.807, 2.05) is 30.6 Å². The first-order valence-electron chi connectivity index (χ1n) is 9.78. The maximum absolute atomic E-state index is 13.5. The van der Waals surface area contributed by atoms with E-state index in [4.69, 9.17) is 4.74 Å². The van der Waals surface area contributed by atoms with E-state index in [1.165, 1.54) is 12.1 Å². The van der Waals surface area contributed by atoms with Gasteiger partial charge in [0.25, 0.3) is 0 Å². The Balaban J connectivity index is 1.73. The highest BCUT2D eigenvalue weighted by Gasteiger charge is 2.43. The summed E-state index contributed by atoms with van der Waals surface area (Å²) in [5, 5.41) is 12.7. The summed E-state index contributed by atoms with van der Waals surface area (Å²) in [6.07, 6.45) is 3.06. The summed E-state index contributed by atoms with van der Waals surface area (Å²) < 4.78 is 19.1. The van der Waals surface area contributed by atoms with E-state index in [1.54, 1.807) is 36.8 Å². The minimum atomic E-state index is -0.816. The van der Waals surface area contributed by atoms with Crippen molar-refractivity contribution < 1.29 is 19.0 Å². The lowest BCUT2D eigenvalue weighted by atomic mass is 9.86. The topological polar surface area (TPSA) is 62.7 Å². The van der Waals surface area contributed by atoms with Gasteiger partial charge in [0.15, 0.2) is 0 Å². The summed E-state index contributed by atoms with van der Waals surface area (Å²) in [6.45, 7) is 0. The predicted octanol–water partition coefficient (Wildman–Crippen LogP) is 5.04. The Kier molecular flexibility index (Phi) is 5.72. The van der Waals surface area contributed by atoms with E-state index in [2.05, 4.69) is 9.88 Å². The molecular weight excluding hydrogens is 403 g/mol. The summed E-state index contributed by atoms with van der Waals surface area (Å²) in [4.78, 5) is 18.5. The van der Waals surface area contributed by atoms with Crippen molar-refractivity contribution in [3.8, 4) is 16.3 Å². The number of ether oxygens (including phenoxy) is 1. The van der Waals surface area contributed by atoms with Gasteiger partial charge in [-0.15, -0.1) is 11.3 Å². The molecule has 5 nitrogen and oxygen atoms in total. The molecule has 3 unspecified atom stereocenters. The molecule has 0 radical (unpaired) electrons. The Morgan fingerprint density at radius 2 is 2.00 bits per heavy atom. The first-order valence-corrected chi connectivity index (χ1v) is 10.7. The van der Waals surface area contributed by atoms with E-state index in [9.17, 15) is 14.3 Å². The zero-order valence-electron chi connectivity index (χ0n) is 16.8. The second-order valence-corrected chi connectivity index (χ2v) is 8.40. The third kappa shape index (κ3) is 3.77. The summed E-state index contributed by atoms with van der Waals surface area (Å²) in [5.41, 5.74) is 2.71. The molecule has 2 aromatic carbocycles. The number of likely N-dealkylation sites (N-methyl/N-ethyl adjacent to an activating group) is 1. The SMILES string of the molecule is COc1ccc(-c2nccs2)cc1N(C)C1CCC(C(=O)O)C1c1ccc(F)cc1. The molecule has 156 valence electrons. The summed E-state index contributed by atoms with van der Waals surface area (Å²) >= 11 is 1.56.